The van der Waals surface area contributed by atoms with Gasteiger partial charge < -0.3 is 19.7 Å². The summed E-state index contributed by atoms with van der Waals surface area (Å²) < 4.78 is 48.3. The summed E-state index contributed by atoms with van der Waals surface area (Å²) in [5.41, 5.74) is -2.69. The second kappa shape index (κ2) is 9.23. The van der Waals surface area contributed by atoms with Crippen molar-refractivity contribution in [3.05, 3.63) is 24.3 Å². The highest BCUT2D eigenvalue weighted by Crippen LogP contribution is 2.30. The molecule has 3 rings (SSSR count). The minimum absolute atomic E-state index is 0.0903. The lowest BCUT2D eigenvalue weighted by molar-refractivity contribution is -0.199. The Morgan fingerprint density at radius 1 is 1.38 bits per heavy atom. The van der Waals surface area contributed by atoms with Crippen LogP contribution in [0.4, 0.5) is 18.9 Å². The Labute approximate surface area is 173 Å². The number of amides is 2. The molecule has 0 spiro atoms. The molecule has 2 aliphatic rings. The zero-order valence-electron chi connectivity index (χ0n) is 14.9. The van der Waals surface area contributed by atoms with Crippen molar-refractivity contribution in [1.29, 1.82) is 0 Å². The molecule has 12 heteroatoms. The molecule has 2 atom stereocenters. The fourth-order valence-corrected chi connectivity index (χ4v) is 3.75. The number of nitrogens with one attached hydrogen (secondary N) is 1. The first-order chi connectivity index (χ1) is 13.7. The Hall–Kier alpha value is -1.98. The maximum atomic E-state index is 13.1. The first kappa shape index (κ1) is 21.7. The van der Waals surface area contributed by atoms with Crippen LogP contribution in [-0.2, 0) is 14.3 Å². The minimum atomic E-state index is -4.18. The zero-order chi connectivity index (χ0) is 21.0. The van der Waals surface area contributed by atoms with Crippen LogP contribution in [0.3, 0.4) is 0 Å². The molecule has 1 saturated heterocycles. The van der Waals surface area contributed by atoms with Crippen molar-refractivity contribution in [3.63, 3.8) is 0 Å². The van der Waals surface area contributed by atoms with E-state index in [9.17, 15) is 22.8 Å². The number of ether oxygens (including phenoxy) is 2. The molecule has 2 aliphatic heterocycles. The third-order valence-corrected chi connectivity index (χ3v) is 5.49. The third kappa shape index (κ3) is 5.77. The van der Waals surface area contributed by atoms with E-state index in [1.165, 1.54) is 23.9 Å². The summed E-state index contributed by atoms with van der Waals surface area (Å²) in [6.07, 6.45) is -4.27. The molecule has 1 aromatic rings. The number of thioether (sulfide) groups is 1. The van der Waals surface area contributed by atoms with Crippen LogP contribution in [0.15, 0.2) is 29.3 Å². The number of alkyl halides is 4. The van der Waals surface area contributed by atoms with Gasteiger partial charge in [0, 0.05) is 25.2 Å². The van der Waals surface area contributed by atoms with Gasteiger partial charge >= 0.3 is 6.11 Å². The van der Waals surface area contributed by atoms with Gasteiger partial charge in [-0.3, -0.25) is 9.59 Å². The second-order valence-corrected chi connectivity index (χ2v) is 7.73. The highest BCUT2D eigenvalue weighted by atomic mass is 35.5. The monoisotopic (exact) mass is 451 g/mol. The number of aliphatic imine (C=N–C) groups is 1. The Kier molecular flexibility index (Phi) is 6.91. The molecule has 0 saturated carbocycles. The number of halogens is 4. The van der Waals surface area contributed by atoms with Gasteiger partial charge in [0.2, 0.25) is 5.91 Å². The molecule has 0 aliphatic carbocycles. The van der Waals surface area contributed by atoms with Gasteiger partial charge in [0.15, 0.2) is 5.17 Å². The van der Waals surface area contributed by atoms with Crippen LogP contribution in [0.5, 0.6) is 5.75 Å². The van der Waals surface area contributed by atoms with E-state index in [-0.39, 0.29) is 18.1 Å². The van der Waals surface area contributed by atoms with Gasteiger partial charge in [0.05, 0.1) is 13.2 Å². The maximum absolute atomic E-state index is 13.1. The molecule has 2 heterocycles. The van der Waals surface area contributed by atoms with Gasteiger partial charge in [-0.15, -0.1) is 0 Å². The summed E-state index contributed by atoms with van der Waals surface area (Å²) in [5, 5.41) is 2.53. The molecule has 29 heavy (non-hydrogen) atoms. The summed E-state index contributed by atoms with van der Waals surface area (Å²) in [6, 6.07) is 4.89. The van der Waals surface area contributed by atoms with Gasteiger partial charge in [-0.05, 0) is 24.3 Å². The molecule has 158 valence electrons. The number of hydrogen-bond acceptors (Lipinski definition) is 6. The fourth-order valence-electron chi connectivity index (χ4n) is 2.59. The van der Waals surface area contributed by atoms with Crippen LogP contribution in [0.2, 0.25) is 0 Å². The minimum Gasteiger partial charge on any atom is -0.429 e. The number of benzene rings is 1. The number of anilines is 1. The Bertz CT molecular complexity index is 789. The molecule has 0 radical (unpaired) electrons. The van der Waals surface area contributed by atoms with Crippen LogP contribution in [0, 0.1) is 0 Å². The number of rotatable bonds is 6. The average Bonchev–Trinajstić information content (AvgIpc) is 3.04. The van der Waals surface area contributed by atoms with Crippen molar-refractivity contribution >= 4 is 46.0 Å². The predicted molar refractivity (Wildman–Crippen MR) is 102 cm³/mol. The van der Waals surface area contributed by atoms with E-state index in [1.807, 2.05) is 4.90 Å². The summed E-state index contributed by atoms with van der Waals surface area (Å²) in [4.78, 5) is 30.3. The van der Waals surface area contributed by atoms with E-state index in [1.54, 1.807) is 0 Å². The van der Waals surface area contributed by atoms with E-state index in [0.717, 1.165) is 12.1 Å². The third-order valence-electron chi connectivity index (χ3n) is 4.03. The van der Waals surface area contributed by atoms with Crippen LogP contribution < -0.4 is 10.1 Å². The first-order valence-electron chi connectivity index (χ1n) is 8.61. The topological polar surface area (TPSA) is 80.2 Å². The first-order valence-corrected chi connectivity index (χ1v) is 9.93. The van der Waals surface area contributed by atoms with Gasteiger partial charge in [-0.2, -0.15) is 13.8 Å². The van der Waals surface area contributed by atoms with Crippen molar-refractivity contribution in [1.82, 2.24) is 4.90 Å². The fraction of sp³-hybridized carbons (Fsp3) is 0.471. The normalized spacial score (nSPS) is 21.0. The lowest BCUT2D eigenvalue weighted by Crippen LogP contribution is -2.39. The standard InChI is InChI=1S/C17H17ClF3N3O4S/c18-15(19)17(20,21)28-11-3-1-10(2-4-11)22-13(25)9-12-14(26)23-16(29-12)24-5-7-27-8-6-24/h1-4,12,15H,5-9H2,(H,22,25)/t12-,15+/m1/s1. The van der Waals surface area contributed by atoms with Gasteiger partial charge in [-0.25, -0.2) is 4.39 Å². The molecule has 2 amide bonds. The van der Waals surface area contributed by atoms with Crippen LogP contribution >= 0.6 is 23.4 Å². The summed E-state index contributed by atoms with van der Waals surface area (Å²) in [7, 11) is 0. The number of carbonyl (C=O) groups is 2. The van der Waals surface area contributed by atoms with Crippen molar-refractivity contribution < 1.29 is 32.2 Å². The number of nitrogens with zero attached hydrogens (tertiary/aromatic N) is 2. The molecular weight excluding hydrogens is 435 g/mol. The van der Waals surface area contributed by atoms with Crippen molar-refractivity contribution in [2.24, 2.45) is 4.99 Å². The van der Waals surface area contributed by atoms with Crippen LogP contribution in [0.1, 0.15) is 6.42 Å². The van der Waals surface area contributed by atoms with E-state index in [2.05, 4.69) is 15.0 Å². The number of hydrogen-bond donors (Lipinski definition) is 1. The highest BCUT2D eigenvalue weighted by Gasteiger charge is 2.42. The Morgan fingerprint density at radius 2 is 2.03 bits per heavy atom. The van der Waals surface area contributed by atoms with E-state index in [0.29, 0.717) is 37.2 Å². The maximum Gasteiger partial charge on any atom is 0.444 e. The molecule has 1 N–H and O–H groups in total. The quantitative estimate of drug-likeness (QED) is 0.670. The summed E-state index contributed by atoms with van der Waals surface area (Å²) in [5.74, 6) is -1.13. The lowest BCUT2D eigenvalue weighted by atomic mass is 10.2. The largest absolute Gasteiger partial charge is 0.444 e. The van der Waals surface area contributed by atoms with Gasteiger partial charge in [0.25, 0.3) is 11.5 Å². The number of morpholine rings is 1. The summed E-state index contributed by atoms with van der Waals surface area (Å²) >= 11 is 5.96. The molecule has 0 bridgehead atoms. The van der Waals surface area contributed by atoms with Crippen molar-refractivity contribution in [2.75, 3.05) is 31.6 Å². The van der Waals surface area contributed by atoms with Crippen molar-refractivity contribution in [3.8, 4) is 5.75 Å². The molecule has 7 nitrogen and oxygen atoms in total. The van der Waals surface area contributed by atoms with Gasteiger partial charge in [-0.1, -0.05) is 23.4 Å². The number of amidine groups is 1. The second-order valence-electron chi connectivity index (χ2n) is 6.18. The molecule has 0 unspecified atom stereocenters. The van der Waals surface area contributed by atoms with Gasteiger partial charge in [0.1, 0.15) is 11.0 Å². The predicted octanol–water partition coefficient (Wildman–Crippen LogP) is 2.85. The Morgan fingerprint density at radius 3 is 2.66 bits per heavy atom. The highest BCUT2D eigenvalue weighted by molar-refractivity contribution is 8.15. The average molecular weight is 452 g/mol. The van der Waals surface area contributed by atoms with Crippen LogP contribution in [-0.4, -0.2) is 65.2 Å². The Balaban J connectivity index is 1.50. The lowest BCUT2D eigenvalue weighted by Gasteiger charge is -2.27. The number of carbonyl (C=O) groups excluding carboxylic acids is 2. The molecule has 0 aromatic heterocycles. The molecular formula is C17H17ClF3N3O4S. The van der Waals surface area contributed by atoms with Crippen LogP contribution in [0.25, 0.3) is 0 Å². The zero-order valence-corrected chi connectivity index (χ0v) is 16.5. The van der Waals surface area contributed by atoms with E-state index >= 15 is 0 Å². The SMILES string of the molecule is O=C(C[C@H]1SC(N2CCOCC2)=NC1=O)Nc1ccc(OC(F)(F)[C@H](F)Cl)cc1. The van der Waals surface area contributed by atoms with E-state index < -0.39 is 22.9 Å². The smallest absolute Gasteiger partial charge is 0.429 e. The van der Waals surface area contributed by atoms with E-state index in [4.69, 9.17) is 16.3 Å². The molecule has 1 aromatic carbocycles. The molecule has 1 fully saturated rings. The summed E-state index contributed by atoms with van der Waals surface area (Å²) in [6.45, 7) is 2.39. The van der Waals surface area contributed by atoms with Crippen molar-refractivity contribution in [2.45, 2.75) is 23.4 Å².